The fourth-order valence-electron chi connectivity index (χ4n) is 1.87. The Hall–Kier alpha value is -0.790. The second-order valence-corrected chi connectivity index (χ2v) is 7.16. The Morgan fingerprint density at radius 3 is 1.94 bits per heavy atom. The third-order valence-electron chi connectivity index (χ3n) is 3.26. The first-order valence-corrected chi connectivity index (χ1v) is 6.68. The van der Waals surface area contributed by atoms with E-state index in [1.54, 1.807) is 0 Å². The van der Waals surface area contributed by atoms with Crippen molar-refractivity contribution in [1.29, 1.82) is 0 Å². The van der Waals surface area contributed by atoms with Crippen LogP contribution in [0.3, 0.4) is 0 Å². The molecule has 17 heavy (non-hydrogen) atoms. The first-order valence-electron chi connectivity index (χ1n) is 6.68. The molecule has 1 heterocycles. The number of H-pyrrole nitrogens is 1. The van der Waals surface area contributed by atoms with Gasteiger partial charge < -0.3 is 4.98 Å². The van der Waals surface area contributed by atoms with Gasteiger partial charge >= 0.3 is 0 Å². The summed E-state index contributed by atoms with van der Waals surface area (Å²) in [5.41, 5.74) is 2.76. The topological polar surface area (TPSA) is 28.7 Å². The molecule has 1 atom stereocenters. The largest absolute Gasteiger partial charge is 0.345 e. The van der Waals surface area contributed by atoms with Crippen LogP contribution in [0.25, 0.3) is 0 Å². The fraction of sp³-hybridized carbons (Fsp3) is 0.800. The number of imidazole rings is 1. The summed E-state index contributed by atoms with van der Waals surface area (Å²) in [7, 11) is 0. The standard InChI is InChI=1S/C15H28N2/c1-9-10(2)11-12(14(3,4)5)17-13(16-11)15(6,7)8/h10H,9H2,1-8H3,(H,16,17). The Labute approximate surface area is 106 Å². The molecular formula is C15H28N2. The van der Waals surface area contributed by atoms with Gasteiger partial charge in [0.1, 0.15) is 5.82 Å². The molecular weight excluding hydrogens is 208 g/mol. The molecule has 0 spiro atoms. The number of aromatic nitrogens is 2. The van der Waals surface area contributed by atoms with Gasteiger partial charge in [0.2, 0.25) is 0 Å². The maximum Gasteiger partial charge on any atom is 0.112 e. The summed E-state index contributed by atoms with van der Waals surface area (Å²) in [6.07, 6.45) is 1.15. The SMILES string of the molecule is CCC(C)c1[nH]c(C(C)(C)C)nc1C(C)(C)C. The van der Waals surface area contributed by atoms with Crippen LogP contribution >= 0.6 is 0 Å². The summed E-state index contributed by atoms with van der Waals surface area (Å²) < 4.78 is 0. The Morgan fingerprint density at radius 2 is 1.59 bits per heavy atom. The van der Waals surface area contributed by atoms with Crippen LogP contribution in [-0.4, -0.2) is 9.97 Å². The minimum atomic E-state index is 0.0890. The molecule has 1 aromatic rings. The van der Waals surface area contributed by atoms with Crippen LogP contribution < -0.4 is 0 Å². The average molecular weight is 236 g/mol. The highest BCUT2D eigenvalue weighted by Crippen LogP contribution is 2.32. The Balaban J connectivity index is 3.32. The average Bonchev–Trinajstić information content (AvgIpc) is 2.59. The molecule has 98 valence electrons. The van der Waals surface area contributed by atoms with Crippen LogP contribution in [0.5, 0.6) is 0 Å². The van der Waals surface area contributed by atoms with Crippen LogP contribution in [-0.2, 0) is 10.8 Å². The third kappa shape index (κ3) is 3.11. The van der Waals surface area contributed by atoms with Crippen molar-refractivity contribution >= 4 is 0 Å². The summed E-state index contributed by atoms with van der Waals surface area (Å²) in [5.74, 6) is 1.66. The Kier molecular flexibility index (Phi) is 3.75. The van der Waals surface area contributed by atoms with E-state index < -0.39 is 0 Å². The number of aromatic amines is 1. The summed E-state index contributed by atoms with van der Waals surface area (Å²) in [6.45, 7) is 17.8. The van der Waals surface area contributed by atoms with Crippen LogP contribution in [0.15, 0.2) is 0 Å². The van der Waals surface area contributed by atoms with Crippen molar-refractivity contribution in [3.8, 4) is 0 Å². The first-order chi connectivity index (χ1) is 7.57. The van der Waals surface area contributed by atoms with Crippen LogP contribution in [0.2, 0.25) is 0 Å². The predicted octanol–water partition coefficient (Wildman–Crippen LogP) is 4.52. The second-order valence-electron chi connectivity index (χ2n) is 7.16. The zero-order valence-electron chi connectivity index (χ0n) is 12.7. The molecule has 0 saturated carbocycles. The molecule has 0 radical (unpaired) electrons. The summed E-state index contributed by atoms with van der Waals surface area (Å²) >= 11 is 0. The quantitative estimate of drug-likeness (QED) is 0.803. The molecule has 0 aliphatic carbocycles. The Bertz CT molecular complexity index is 375. The van der Waals surface area contributed by atoms with Gasteiger partial charge in [-0.15, -0.1) is 0 Å². The molecule has 0 bridgehead atoms. The highest BCUT2D eigenvalue weighted by molar-refractivity contribution is 5.27. The van der Waals surface area contributed by atoms with E-state index in [1.807, 2.05) is 0 Å². The molecule has 1 unspecified atom stereocenters. The van der Waals surface area contributed by atoms with Crippen molar-refractivity contribution < 1.29 is 0 Å². The lowest BCUT2D eigenvalue weighted by Crippen LogP contribution is -2.16. The van der Waals surface area contributed by atoms with E-state index in [9.17, 15) is 0 Å². The van der Waals surface area contributed by atoms with Crippen LogP contribution in [0.1, 0.15) is 84.9 Å². The van der Waals surface area contributed by atoms with Crippen LogP contribution in [0, 0.1) is 0 Å². The van der Waals surface area contributed by atoms with Gasteiger partial charge in [-0.05, 0) is 12.3 Å². The van der Waals surface area contributed by atoms with Gasteiger partial charge in [0.15, 0.2) is 0 Å². The maximum atomic E-state index is 4.87. The summed E-state index contributed by atoms with van der Waals surface area (Å²) in [5, 5.41) is 0. The minimum absolute atomic E-state index is 0.0890. The molecule has 1 rings (SSSR count). The highest BCUT2D eigenvalue weighted by atomic mass is 15.0. The lowest BCUT2D eigenvalue weighted by molar-refractivity contribution is 0.534. The Morgan fingerprint density at radius 1 is 1.06 bits per heavy atom. The van der Waals surface area contributed by atoms with Gasteiger partial charge in [0, 0.05) is 16.5 Å². The van der Waals surface area contributed by atoms with Crippen molar-refractivity contribution in [2.24, 2.45) is 0 Å². The van der Waals surface area contributed by atoms with Gasteiger partial charge in [-0.25, -0.2) is 4.98 Å². The van der Waals surface area contributed by atoms with Crippen molar-refractivity contribution in [3.63, 3.8) is 0 Å². The summed E-state index contributed by atoms with van der Waals surface area (Å²) in [4.78, 5) is 8.43. The lowest BCUT2D eigenvalue weighted by atomic mass is 9.87. The number of hydrogen-bond donors (Lipinski definition) is 1. The molecule has 0 aliphatic heterocycles. The van der Waals surface area contributed by atoms with Gasteiger partial charge in [0.05, 0.1) is 5.69 Å². The van der Waals surface area contributed by atoms with E-state index in [0.29, 0.717) is 5.92 Å². The molecule has 0 aromatic carbocycles. The maximum absolute atomic E-state index is 4.87. The van der Waals surface area contributed by atoms with Crippen molar-refractivity contribution in [3.05, 3.63) is 17.2 Å². The molecule has 1 N–H and O–H groups in total. The highest BCUT2D eigenvalue weighted by Gasteiger charge is 2.28. The number of nitrogens with zero attached hydrogens (tertiary/aromatic N) is 1. The van der Waals surface area contributed by atoms with Gasteiger partial charge in [-0.1, -0.05) is 55.4 Å². The number of hydrogen-bond acceptors (Lipinski definition) is 1. The van der Waals surface area contributed by atoms with Gasteiger partial charge in [0.25, 0.3) is 0 Å². The lowest BCUT2D eigenvalue weighted by Gasteiger charge is -2.20. The van der Waals surface area contributed by atoms with E-state index in [4.69, 9.17) is 4.98 Å². The minimum Gasteiger partial charge on any atom is -0.345 e. The number of rotatable bonds is 2. The molecule has 2 nitrogen and oxygen atoms in total. The molecule has 0 aliphatic rings. The molecule has 0 fully saturated rings. The normalized spacial score (nSPS) is 15.1. The monoisotopic (exact) mass is 236 g/mol. The van der Waals surface area contributed by atoms with E-state index in [2.05, 4.69) is 60.4 Å². The van der Waals surface area contributed by atoms with Crippen molar-refractivity contribution in [2.45, 2.75) is 78.6 Å². The van der Waals surface area contributed by atoms with E-state index in [-0.39, 0.29) is 10.8 Å². The van der Waals surface area contributed by atoms with Gasteiger partial charge in [-0.2, -0.15) is 0 Å². The second kappa shape index (κ2) is 4.47. The van der Waals surface area contributed by atoms with Crippen molar-refractivity contribution in [1.82, 2.24) is 9.97 Å². The predicted molar refractivity (Wildman–Crippen MR) is 74.7 cm³/mol. The van der Waals surface area contributed by atoms with E-state index in [1.165, 1.54) is 11.4 Å². The van der Waals surface area contributed by atoms with Crippen molar-refractivity contribution in [2.75, 3.05) is 0 Å². The zero-order valence-corrected chi connectivity index (χ0v) is 12.7. The smallest absolute Gasteiger partial charge is 0.112 e. The molecule has 2 heteroatoms. The first kappa shape index (κ1) is 14.3. The molecule has 0 amide bonds. The fourth-order valence-corrected chi connectivity index (χ4v) is 1.87. The molecule has 0 saturated heterocycles. The van der Waals surface area contributed by atoms with Gasteiger partial charge in [-0.3, -0.25) is 0 Å². The van der Waals surface area contributed by atoms with E-state index >= 15 is 0 Å². The molecule has 1 aromatic heterocycles. The van der Waals surface area contributed by atoms with E-state index in [0.717, 1.165) is 12.2 Å². The van der Waals surface area contributed by atoms with Crippen LogP contribution in [0.4, 0.5) is 0 Å². The zero-order chi connectivity index (χ0) is 13.4. The third-order valence-corrected chi connectivity index (χ3v) is 3.26. The summed E-state index contributed by atoms with van der Waals surface area (Å²) in [6, 6.07) is 0. The number of nitrogens with one attached hydrogen (secondary N) is 1.